The van der Waals surface area contributed by atoms with Crippen molar-refractivity contribution in [3.8, 4) is 0 Å². The smallest absolute Gasteiger partial charge is 0.319 e. The summed E-state index contributed by atoms with van der Waals surface area (Å²) in [4.78, 5) is 29.9. The minimum absolute atomic E-state index is 0.0240. The van der Waals surface area contributed by atoms with Gasteiger partial charge in [-0.25, -0.2) is 9.18 Å². The molecule has 6 nitrogen and oxygen atoms in total. The minimum Gasteiger partial charge on any atom is -0.319 e. The Balaban J connectivity index is 1.60. The number of hydrogen-bond acceptors (Lipinski definition) is 3. The summed E-state index contributed by atoms with van der Waals surface area (Å²) in [6.45, 7) is 3.81. The Kier molecular flexibility index (Phi) is 7.54. The number of likely N-dealkylation sites (N-methyl/N-ethyl adjacent to an activating group) is 1. The molecule has 0 radical (unpaired) electrons. The van der Waals surface area contributed by atoms with Gasteiger partial charge in [-0.1, -0.05) is 18.9 Å². The molecule has 0 spiro atoms. The van der Waals surface area contributed by atoms with Crippen LogP contribution in [0.2, 0.25) is 0 Å². The molecule has 2 fully saturated rings. The molecule has 4 unspecified atom stereocenters. The number of nitrogens with one attached hydrogen (secondary N) is 2. The largest absolute Gasteiger partial charge is 0.416 e. The SMILES string of the molecule is CCN(C(=O)Nc1cccc(C(F)(F)F)c1)C(C)C1NC2CCCCC2C(=O)N1c1ccc(F)cc1. The lowest BCUT2D eigenvalue weighted by Crippen LogP contribution is -2.70. The van der Waals surface area contributed by atoms with Crippen molar-refractivity contribution in [2.75, 3.05) is 16.8 Å². The monoisotopic (exact) mass is 506 g/mol. The summed E-state index contributed by atoms with van der Waals surface area (Å²) in [7, 11) is 0. The third kappa shape index (κ3) is 5.33. The summed E-state index contributed by atoms with van der Waals surface area (Å²) in [5, 5.41) is 6.11. The number of rotatable bonds is 5. The zero-order valence-corrected chi connectivity index (χ0v) is 20.2. The van der Waals surface area contributed by atoms with Crippen LogP contribution >= 0.6 is 0 Å². The van der Waals surface area contributed by atoms with E-state index in [0.29, 0.717) is 5.69 Å². The van der Waals surface area contributed by atoms with E-state index in [0.717, 1.165) is 37.8 Å². The van der Waals surface area contributed by atoms with Gasteiger partial charge in [-0.3, -0.25) is 15.0 Å². The van der Waals surface area contributed by atoms with Crippen molar-refractivity contribution in [1.82, 2.24) is 10.2 Å². The maximum Gasteiger partial charge on any atom is 0.416 e. The van der Waals surface area contributed by atoms with E-state index in [-0.39, 0.29) is 30.1 Å². The Morgan fingerprint density at radius 2 is 1.86 bits per heavy atom. The van der Waals surface area contributed by atoms with Gasteiger partial charge >= 0.3 is 12.2 Å². The van der Waals surface area contributed by atoms with Gasteiger partial charge in [0, 0.05) is 24.0 Å². The first-order valence-corrected chi connectivity index (χ1v) is 12.2. The first-order chi connectivity index (χ1) is 17.1. The summed E-state index contributed by atoms with van der Waals surface area (Å²) in [6.07, 6.45) is -1.60. The molecule has 4 atom stereocenters. The van der Waals surface area contributed by atoms with E-state index in [2.05, 4.69) is 10.6 Å². The van der Waals surface area contributed by atoms with Crippen LogP contribution in [0.25, 0.3) is 0 Å². The van der Waals surface area contributed by atoms with Crippen LogP contribution in [-0.2, 0) is 11.0 Å². The van der Waals surface area contributed by atoms with Crippen molar-refractivity contribution in [3.05, 3.63) is 59.9 Å². The molecule has 0 aromatic heterocycles. The molecule has 10 heteroatoms. The predicted octanol–water partition coefficient (Wildman–Crippen LogP) is 5.61. The van der Waals surface area contributed by atoms with Crippen LogP contribution in [0.1, 0.15) is 45.1 Å². The van der Waals surface area contributed by atoms with Gasteiger partial charge in [-0.2, -0.15) is 13.2 Å². The summed E-state index contributed by atoms with van der Waals surface area (Å²) < 4.78 is 53.0. The lowest BCUT2D eigenvalue weighted by atomic mass is 9.81. The number of carbonyl (C=O) groups excluding carboxylic acids is 2. The van der Waals surface area contributed by atoms with Gasteiger partial charge in [0.2, 0.25) is 5.91 Å². The van der Waals surface area contributed by atoms with Crippen LogP contribution in [0.15, 0.2) is 48.5 Å². The van der Waals surface area contributed by atoms with Gasteiger partial charge < -0.3 is 10.2 Å². The molecule has 2 aliphatic rings. The number of benzene rings is 2. The van der Waals surface area contributed by atoms with E-state index in [1.807, 2.05) is 0 Å². The highest BCUT2D eigenvalue weighted by Crippen LogP contribution is 2.35. The van der Waals surface area contributed by atoms with E-state index < -0.39 is 35.8 Å². The summed E-state index contributed by atoms with van der Waals surface area (Å²) in [5.74, 6) is -0.704. The topological polar surface area (TPSA) is 64.7 Å². The standard InChI is InChI=1S/C26H30F4N4O2/c1-3-33(25(36)31-19-8-6-7-17(15-19)26(28,29)30)16(2)23-32-22-10-5-4-9-21(22)24(35)34(23)20-13-11-18(27)12-14-20/h6-8,11-16,21-23,32H,3-5,9-10H2,1-2H3,(H,31,36). The van der Waals surface area contributed by atoms with E-state index in [1.165, 1.54) is 41.3 Å². The molecule has 4 rings (SSSR count). The number of carbonyl (C=O) groups is 2. The Morgan fingerprint density at radius 3 is 2.53 bits per heavy atom. The number of hydrogen-bond donors (Lipinski definition) is 2. The van der Waals surface area contributed by atoms with Crippen molar-refractivity contribution in [3.63, 3.8) is 0 Å². The van der Waals surface area contributed by atoms with Crippen LogP contribution in [0.4, 0.5) is 33.7 Å². The van der Waals surface area contributed by atoms with Crippen LogP contribution < -0.4 is 15.5 Å². The van der Waals surface area contributed by atoms with E-state index in [1.54, 1.807) is 18.7 Å². The van der Waals surface area contributed by atoms with Gasteiger partial charge in [-0.05, 0) is 69.2 Å². The Hall–Kier alpha value is -3.14. The van der Waals surface area contributed by atoms with Gasteiger partial charge in [-0.15, -0.1) is 0 Å². The Morgan fingerprint density at radius 1 is 1.17 bits per heavy atom. The summed E-state index contributed by atoms with van der Waals surface area (Å²) >= 11 is 0. The van der Waals surface area contributed by atoms with Crippen LogP contribution in [0, 0.1) is 11.7 Å². The lowest BCUT2D eigenvalue weighted by Gasteiger charge is -2.50. The number of fused-ring (bicyclic) bond motifs is 1. The molecule has 36 heavy (non-hydrogen) atoms. The van der Waals surface area contributed by atoms with E-state index in [9.17, 15) is 27.2 Å². The molecule has 1 saturated heterocycles. The molecule has 1 saturated carbocycles. The van der Waals surface area contributed by atoms with Gasteiger partial charge in [0.25, 0.3) is 0 Å². The lowest BCUT2D eigenvalue weighted by molar-refractivity contribution is -0.137. The van der Waals surface area contributed by atoms with Crippen molar-refractivity contribution < 1.29 is 27.2 Å². The fourth-order valence-electron chi connectivity index (χ4n) is 5.24. The molecule has 1 aliphatic carbocycles. The highest BCUT2D eigenvalue weighted by Gasteiger charge is 2.46. The molecule has 0 bridgehead atoms. The quantitative estimate of drug-likeness (QED) is 0.519. The van der Waals surface area contributed by atoms with Crippen molar-refractivity contribution in [2.45, 2.75) is 64.0 Å². The molecule has 3 amide bonds. The van der Waals surface area contributed by atoms with E-state index in [4.69, 9.17) is 0 Å². The van der Waals surface area contributed by atoms with Crippen molar-refractivity contribution >= 4 is 23.3 Å². The van der Waals surface area contributed by atoms with E-state index >= 15 is 0 Å². The van der Waals surface area contributed by atoms with Crippen LogP contribution in [0.5, 0.6) is 0 Å². The Bertz CT molecular complexity index is 1090. The minimum atomic E-state index is -4.53. The van der Waals surface area contributed by atoms with Gasteiger partial charge in [0.1, 0.15) is 12.0 Å². The second-order valence-electron chi connectivity index (χ2n) is 9.33. The molecular formula is C26H30F4N4O2. The second kappa shape index (κ2) is 10.5. The number of amides is 3. The number of anilines is 2. The first-order valence-electron chi connectivity index (χ1n) is 12.2. The second-order valence-corrected chi connectivity index (χ2v) is 9.33. The fraction of sp³-hybridized carbons (Fsp3) is 0.462. The van der Waals surface area contributed by atoms with Gasteiger partial charge in [0.05, 0.1) is 17.5 Å². The molecule has 2 aromatic rings. The third-order valence-corrected chi connectivity index (χ3v) is 7.08. The van der Waals surface area contributed by atoms with Crippen LogP contribution in [-0.4, -0.2) is 41.6 Å². The zero-order valence-electron chi connectivity index (χ0n) is 20.2. The predicted molar refractivity (Wildman–Crippen MR) is 129 cm³/mol. The highest BCUT2D eigenvalue weighted by molar-refractivity contribution is 5.97. The van der Waals surface area contributed by atoms with Gasteiger partial charge in [0.15, 0.2) is 0 Å². The maximum absolute atomic E-state index is 13.6. The number of urea groups is 1. The number of nitrogens with zero attached hydrogens (tertiary/aromatic N) is 2. The molecule has 1 heterocycles. The maximum atomic E-state index is 13.6. The summed E-state index contributed by atoms with van der Waals surface area (Å²) in [6, 6.07) is 8.94. The van der Waals surface area contributed by atoms with Crippen LogP contribution in [0.3, 0.4) is 0 Å². The summed E-state index contributed by atoms with van der Waals surface area (Å²) in [5.41, 5.74) is -0.318. The third-order valence-electron chi connectivity index (χ3n) is 7.08. The normalized spacial score (nSPS) is 23.1. The number of alkyl halides is 3. The molecular weight excluding hydrogens is 476 g/mol. The fourth-order valence-corrected chi connectivity index (χ4v) is 5.24. The molecule has 194 valence electrons. The molecule has 2 aromatic carbocycles. The highest BCUT2D eigenvalue weighted by atomic mass is 19.4. The zero-order chi connectivity index (χ0) is 26.0. The first kappa shape index (κ1) is 25.9. The van der Waals surface area contributed by atoms with Crippen molar-refractivity contribution in [2.24, 2.45) is 5.92 Å². The molecule has 1 aliphatic heterocycles. The van der Waals surface area contributed by atoms with Crippen molar-refractivity contribution in [1.29, 1.82) is 0 Å². The number of halogens is 4. The average molecular weight is 507 g/mol. The average Bonchev–Trinajstić information content (AvgIpc) is 2.85. The molecule has 2 N–H and O–H groups in total. The Labute approximate surface area is 207 Å².